The van der Waals surface area contributed by atoms with Crippen LogP contribution in [0.2, 0.25) is 0 Å². The van der Waals surface area contributed by atoms with Crippen LogP contribution in [0.15, 0.2) is 24.3 Å². The second kappa shape index (κ2) is 8.00. The molecule has 0 aliphatic heterocycles. The van der Waals surface area contributed by atoms with Gasteiger partial charge in [0, 0.05) is 30.4 Å². The van der Waals surface area contributed by atoms with E-state index in [1.54, 1.807) is 7.11 Å². The Balaban J connectivity index is 1.92. The molecule has 1 aliphatic carbocycles. The van der Waals surface area contributed by atoms with Crippen LogP contribution < -0.4 is 16.4 Å². The summed E-state index contributed by atoms with van der Waals surface area (Å²) in [6.07, 6.45) is 3.94. The average Bonchev–Trinajstić information content (AvgIpc) is 3.30. The summed E-state index contributed by atoms with van der Waals surface area (Å²) in [4.78, 5) is 11.8. The molecule has 116 valence electrons. The molecule has 1 atom stereocenters. The predicted molar refractivity (Wildman–Crippen MR) is 85.4 cm³/mol. The van der Waals surface area contributed by atoms with E-state index in [1.807, 2.05) is 24.3 Å². The molecule has 1 aromatic carbocycles. The van der Waals surface area contributed by atoms with Gasteiger partial charge < -0.3 is 21.1 Å². The first-order valence-electron chi connectivity index (χ1n) is 7.59. The Kier molecular flexibility index (Phi) is 6.02. The van der Waals surface area contributed by atoms with Crippen molar-refractivity contribution in [2.24, 2.45) is 11.7 Å². The van der Waals surface area contributed by atoms with Gasteiger partial charge in [-0.25, -0.2) is 0 Å². The topological polar surface area (TPSA) is 76.4 Å². The van der Waals surface area contributed by atoms with Gasteiger partial charge in [0.2, 0.25) is 5.91 Å². The summed E-state index contributed by atoms with van der Waals surface area (Å²) >= 11 is 0. The van der Waals surface area contributed by atoms with Crippen LogP contribution in [0.3, 0.4) is 0 Å². The zero-order valence-corrected chi connectivity index (χ0v) is 12.6. The Morgan fingerprint density at radius 3 is 2.86 bits per heavy atom. The van der Waals surface area contributed by atoms with Crippen LogP contribution >= 0.6 is 0 Å². The molecule has 4 N–H and O–H groups in total. The number of methoxy groups -OCH3 is 1. The summed E-state index contributed by atoms with van der Waals surface area (Å²) in [5, 5.41) is 6.40. The van der Waals surface area contributed by atoms with E-state index in [4.69, 9.17) is 10.5 Å². The Labute approximate surface area is 126 Å². The number of anilines is 2. The lowest BCUT2D eigenvalue weighted by molar-refractivity contribution is -0.117. The standard InChI is InChI=1S/C16H25N3O2/c1-21-11-15(6-3-9-17)18-13-4-2-5-14(10-13)19-16(20)12-7-8-12/h2,4-5,10,12,15,18H,3,6-9,11,17H2,1H3,(H,19,20). The lowest BCUT2D eigenvalue weighted by Gasteiger charge is -2.19. The van der Waals surface area contributed by atoms with Crippen LogP contribution in [-0.2, 0) is 9.53 Å². The monoisotopic (exact) mass is 291 g/mol. The molecule has 2 rings (SSSR count). The normalized spacial score (nSPS) is 15.5. The zero-order chi connectivity index (χ0) is 15.1. The quantitative estimate of drug-likeness (QED) is 0.652. The highest BCUT2D eigenvalue weighted by atomic mass is 16.5. The molecular formula is C16H25N3O2. The smallest absolute Gasteiger partial charge is 0.227 e. The van der Waals surface area contributed by atoms with Crippen LogP contribution in [0.4, 0.5) is 11.4 Å². The number of hydrogen-bond donors (Lipinski definition) is 3. The molecule has 1 fully saturated rings. The zero-order valence-electron chi connectivity index (χ0n) is 12.6. The molecule has 1 unspecified atom stereocenters. The van der Waals surface area contributed by atoms with E-state index in [0.29, 0.717) is 13.2 Å². The number of ether oxygens (including phenoxy) is 1. The van der Waals surface area contributed by atoms with E-state index in [1.165, 1.54) is 0 Å². The van der Waals surface area contributed by atoms with Crippen LogP contribution in [0.25, 0.3) is 0 Å². The molecule has 1 amide bonds. The largest absolute Gasteiger partial charge is 0.383 e. The van der Waals surface area contributed by atoms with E-state index in [2.05, 4.69) is 10.6 Å². The number of carbonyl (C=O) groups excluding carboxylic acids is 1. The summed E-state index contributed by atoms with van der Waals surface area (Å²) < 4.78 is 5.23. The van der Waals surface area contributed by atoms with Gasteiger partial charge in [0.1, 0.15) is 0 Å². The second-order valence-electron chi connectivity index (χ2n) is 5.57. The second-order valence-corrected chi connectivity index (χ2v) is 5.57. The summed E-state index contributed by atoms with van der Waals surface area (Å²) in [6, 6.07) is 8.05. The van der Waals surface area contributed by atoms with Crippen molar-refractivity contribution in [1.29, 1.82) is 0 Å². The third kappa shape index (κ3) is 5.36. The van der Waals surface area contributed by atoms with Gasteiger partial charge in [-0.2, -0.15) is 0 Å². The van der Waals surface area contributed by atoms with Crippen molar-refractivity contribution >= 4 is 17.3 Å². The Morgan fingerprint density at radius 2 is 2.19 bits per heavy atom. The van der Waals surface area contributed by atoms with Gasteiger partial charge >= 0.3 is 0 Å². The number of carbonyl (C=O) groups is 1. The third-order valence-corrected chi connectivity index (χ3v) is 3.57. The summed E-state index contributed by atoms with van der Waals surface area (Å²) in [5.41, 5.74) is 7.39. The first-order valence-corrected chi connectivity index (χ1v) is 7.59. The number of amides is 1. The number of hydrogen-bond acceptors (Lipinski definition) is 4. The van der Waals surface area contributed by atoms with Gasteiger partial charge in [0.25, 0.3) is 0 Å². The lowest BCUT2D eigenvalue weighted by atomic mass is 10.1. The van der Waals surface area contributed by atoms with Crippen molar-refractivity contribution in [3.05, 3.63) is 24.3 Å². The summed E-state index contributed by atoms with van der Waals surface area (Å²) in [5.74, 6) is 0.344. The molecule has 0 bridgehead atoms. The van der Waals surface area contributed by atoms with Gasteiger partial charge in [-0.05, 0) is 50.4 Å². The minimum atomic E-state index is 0.128. The molecule has 1 saturated carbocycles. The minimum absolute atomic E-state index is 0.128. The fraction of sp³-hybridized carbons (Fsp3) is 0.562. The van der Waals surface area contributed by atoms with Gasteiger partial charge in [-0.1, -0.05) is 6.07 Å². The molecule has 5 nitrogen and oxygen atoms in total. The average molecular weight is 291 g/mol. The fourth-order valence-electron chi connectivity index (χ4n) is 2.27. The lowest BCUT2D eigenvalue weighted by Crippen LogP contribution is -2.26. The highest BCUT2D eigenvalue weighted by Gasteiger charge is 2.29. The molecule has 0 spiro atoms. The fourth-order valence-corrected chi connectivity index (χ4v) is 2.27. The Hall–Kier alpha value is -1.59. The molecule has 1 aliphatic rings. The van der Waals surface area contributed by atoms with Crippen molar-refractivity contribution in [2.75, 3.05) is 30.9 Å². The summed E-state index contributed by atoms with van der Waals surface area (Å²) in [7, 11) is 1.70. The maximum Gasteiger partial charge on any atom is 0.227 e. The van der Waals surface area contributed by atoms with Crippen LogP contribution in [0, 0.1) is 5.92 Å². The SMILES string of the molecule is COCC(CCCN)Nc1cccc(NC(=O)C2CC2)c1. The molecular weight excluding hydrogens is 266 g/mol. The minimum Gasteiger partial charge on any atom is -0.383 e. The van der Waals surface area contributed by atoms with E-state index >= 15 is 0 Å². The first kappa shape index (κ1) is 15.8. The first-order chi connectivity index (χ1) is 10.2. The van der Waals surface area contributed by atoms with Crippen molar-refractivity contribution in [3.63, 3.8) is 0 Å². The molecule has 5 heteroatoms. The van der Waals surface area contributed by atoms with Gasteiger partial charge in [0.05, 0.1) is 6.61 Å². The number of rotatable bonds is 9. The predicted octanol–water partition coefficient (Wildman–Crippen LogP) is 2.20. The van der Waals surface area contributed by atoms with E-state index < -0.39 is 0 Å². The molecule has 0 aromatic heterocycles. The van der Waals surface area contributed by atoms with Crippen molar-refractivity contribution in [1.82, 2.24) is 0 Å². The highest BCUT2D eigenvalue weighted by Crippen LogP contribution is 2.30. The Morgan fingerprint density at radius 1 is 1.43 bits per heavy atom. The van der Waals surface area contributed by atoms with Crippen molar-refractivity contribution < 1.29 is 9.53 Å². The van der Waals surface area contributed by atoms with Gasteiger partial charge in [0.15, 0.2) is 0 Å². The van der Waals surface area contributed by atoms with E-state index in [0.717, 1.165) is 37.1 Å². The van der Waals surface area contributed by atoms with E-state index in [9.17, 15) is 4.79 Å². The molecule has 1 aromatic rings. The number of benzene rings is 1. The highest BCUT2D eigenvalue weighted by molar-refractivity contribution is 5.94. The van der Waals surface area contributed by atoms with Gasteiger partial charge in [-0.3, -0.25) is 4.79 Å². The number of nitrogens with one attached hydrogen (secondary N) is 2. The van der Waals surface area contributed by atoms with E-state index in [-0.39, 0.29) is 17.9 Å². The maximum absolute atomic E-state index is 11.8. The molecule has 0 radical (unpaired) electrons. The summed E-state index contributed by atoms with van der Waals surface area (Å²) in [6.45, 7) is 1.32. The molecule has 21 heavy (non-hydrogen) atoms. The van der Waals surface area contributed by atoms with Crippen LogP contribution in [0.5, 0.6) is 0 Å². The third-order valence-electron chi connectivity index (χ3n) is 3.57. The molecule has 0 heterocycles. The van der Waals surface area contributed by atoms with Gasteiger partial charge in [-0.15, -0.1) is 0 Å². The number of nitrogens with two attached hydrogens (primary N) is 1. The maximum atomic E-state index is 11.8. The van der Waals surface area contributed by atoms with Crippen molar-refractivity contribution in [2.45, 2.75) is 31.7 Å². The van der Waals surface area contributed by atoms with Crippen molar-refractivity contribution in [3.8, 4) is 0 Å². The Bertz CT molecular complexity index is 461. The molecule has 0 saturated heterocycles. The van der Waals surface area contributed by atoms with Crippen LogP contribution in [0.1, 0.15) is 25.7 Å². The van der Waals surface area contributed by atoms with Crippen LogP contribution in [-0.4, -0.2) is 32.2 Å².